The van der Waals surface area contributed by atoms with E-state index in [4.69, 9.17) is 5.11 Å². The Balaban J connectivity index is 2.23. The number of nitrogens with one attached hydrogen (secondary N) is 1. The second-order valence-corrected chi connectivity index (χ2v) is 4.81. The molecule has 2 N–H and O–H groups in total. The Morgan fingerprint density at radius 3 is 2.87 bits per heavy atom. The molecule has 3 nitrogen and oxygen atoms in total. The quantitative estimate of drug-likeness (QED) is 0.710. The molecule has 3 unspecified atom stereocenters. The smallest absolute Gasteiger partial charge is 0.306 e. The number of hydrogen-bond acceptors (Lipinski definition) is 2. The minimum absolute atomic E-state index is 0.102. The van der Waals surface area contributed by atoms with Crippen molar-refractivity contribution in [1.29, 1.82) is 0 Å². The van der Waals surface area contributed by atoms with E-state index in [0.29, 0.717) is 11.8 Å². The molecule has 88 valence electrons. The largest absolute Gasteiger partial charge is 0.481 e. The lowest BCUT2D eigenvalue weighted by Crippen LogP contribution is -2.31. The monoisotopic (exact) mass is 213 g/mol. The third-order valence-electron chi connectivity index (χ3n) is 3.57. The van der Waals surface area contributed by atoms with E-state index in [2.05, 4.69) is 19.2 Å². The van der Waals surface area contributed by atoms with Gasteiger partial charge in [-0.3, -0.25) is 4.79 Å². The zero-order chi connectivity index (χ0) is 11.3. The van der Waals surface area contributed by atoms with Crippen LogP contribution in [0.5, 0.6) is 0 Å². The van der Waals surface area contributed by atoms with Crippen molar-refractivity contribution >= 4 is 5.97 Å². The first-order chi connectivity index (χ1) is 7.15. The molecule has 3 heteroatoms. The highest BCUT2D eigenvalue weighted by Gasteiger charge is 2.32. The number of rotatable bonds is 6. The average Bonchev–Trinajstić information content (AvgIpc) is 2.65. The highest BCUT2D eigenvalue weighted by atomic mass is 16.4. The van der Waals surface area contributed by atoms with Gasteiger partial charge in [0, 0.05) is 0 Å². The molecular formula is C12H23NO2. The lowest BCUT2D eigenvalue weighted by Gasteiger charge is -2.17. The Labute approximate surface area is 92.3 Å². The standard InChI is InChI=1S/C12H23NO2/c1-3-9(2)7-13-8-10-5-4-6-11(10)12(14)15/h9-11,13H,3-8H2,1-2H3,(H,14,15). The van der Waals surface area contributed by atoms with Crippen LogP contribution in [-0.4, -0.2) is 24.2 Å². The van der Waals surface area contributed by atoms with Gasteiger partial charge in [-0.15, -0.1) is 0 Å². The first kappa shape index (κ1) is 12.5. The SMILES string of the molecule is CCC(C)CNCC1CCCC1C(=O)O. The summed E-state index contributed by atoms with van der Waals surface area (Å²) in [4.78, 5) is 10.9. The van der Waals surface area contributed by atoms with E-state index in [1.807, 2.05) is 0 Å². The molecule has 0 spiro atoms. The number of hydrogen-bond donors (Lipinski definition) is 2. The zero-order valence-corrected chi connectivity index (χ0v) is 9.83. The van der Waals surface area contributed by atoms with Gasteiger partial charge in [0.05, 0.1) is 5.92 Å². The number of aliphatic carboxylic acids is 1. The summed E-state index contributed by atoms with van der Waals surface area (Å²) in [5.74, 6) is 0.332. The number of carboxylic acids is 1. The maximum Gasteiger partial charge on any atom is 0.306 e. The van der Waals surface area contributed by atoms with E-state index in [1.165, 1.54) is 6.42 Å². The minimum atomic E-state index is -0.608. The van der Waals surface area contributed by atoms with Crippen LogP contribution < -0.4 is 5.32 Å². The molecular weight excluding hydrogens is 190 g/mol. The fourth-order valence-corrected chi connectivity index (χ4v) is 2.27. The van der Waals surface area contributed by atoms with E-state index in [1.54, 1.807) is 0 Å². The molecule has 3 atom stereocenters. The van der Waals surface area contributed by atoms with Crippen LogP contribution in [0.2, 0.25) is 0 Å². The first-order valence-corrected chi connectivity index (χ1v) is 6.08. The van der Waals surface area contributed by atoms with Crippen molar-refractivity contribution in [3.8, 4) is 0 Å². The summed E-state index contributed by atoms with van der Waals surface area (Å²) in [6, 6.07) is 0. The molecule has 0 radical (unpaired) electrons. The molecule has 15 heavy (non-hydrogen) atoms. The van der Waals surface area contributed by atoms with Gasteiger partial charge in [-0.05, 0) is 37.8 Å². The Kier molecular flexibility index (Phi) is 5.09. The summed E-state index contributed by atoms with van der Waals surface area (Å²) in [5, 5.41) is 12.4. The number of carboxylic acid groups (broad SMARTS) is 1. The van der Waals surface area contributed by atoms with Gasteiger partial charge in [0.25, 0.3) is 0 Å². The average molecular weight is 213 g/mol. The lowest BCUT2D eigenvalue weighted by atomic mass is 9.96. The van der Waals surface area contributed by atoms with Gasteiger partial charge in [-0.25, -0.2) is 0 Å². The van der Waals surface area contributed by atoms with Gasteiger partial charge < -0.3 is 10.4 Å². The van der Waals surface area contributed by atoms with Crippen molar-refractivity contribution in [1.82, 2.24) is 5.32 Å². The van der Waals surface area contributed by atoms with E-state index in [0.717, 1.165) is 32.4 Å². The van der Waals surface area contributed by atoms with Crippen LogP contribution >= 0.6 is 0 Å². The van der Waals surface area contributed by atoms with Crippen LogP contribution in [0.4, 0.5) is 0 Å². The highest BCUT2D eigenvalue weighted by molar-refractivity contribution is 5.70. The maximum absolute atomic E-state index is 10.9. The summed E-state index contributed by atoms with van der Waals surface area (Å²) >= 11 is 0. The zero-order valence-electron chi connectivity index (χ0n) is 9.83. The van der Waals surface area contributed by atoms with Crippen molar-refractivity contribution in [3.05, 3.63) is 0 Å². The first-order valence-electron chi connectivity index (χ1n) is 6.08. The minimum Gasteiger partial charge on any atom is -0.481 e. The second kappa shape index (κ2) is 6.11. The summed E-state index contributed by atoms with van der Waals surface area (Å²) < 4.78 is 0. The van der Waals surface area contributed by atoms with Crippen molar-refractivity contribution < 1.29 is 9.90 Å². The fourth-order valence-electron chi connectivity index (χ4n) is 2.27. The van der Waals surface area contributed by atoms with Gasteiger partial charge >= 0.3 is 5.97 Å². The third kappa shape index (κ3) is 3.82. The van der Waals surface area contributed by atoms with Crippen LogP contribution in [0, 0.1) is 17.8 Å². The topological polar surface area (TPSA) is 49.3 Å². The molecule has 0 aliphatic heterocycles. The van der Waals surface area contributed by atoms with Crippen LogP contribution in [0.3, 0.4) is 0 Å². The second-order valence-electron chi connectivity index (χ2n) is 4.81. The Bertz CT molecular complexity index is 206. The molecule has 0 aromatic carbocycles. The van der Waals surface area contributed by atoms with Crippen molar-refractivity contribution in [2.75, 3.05) is 13.1 Å². The van der Waals surface area contributed by atoms with Gasteiger partial charge in [-0.1, -0.05) is 26.7 Å². The normalized spacial score (nSPS) is 27.9. The van der Waals surface area contributed by atoms with Gasteiger partial charge in [0.15, 0.2) is 0 Å². The van der Waals surface area contributed by atoms with Crippen molar-refractivity contribution in [2.24, 2.45) is 17.8 Å². The van der Waals surface area contributed by atoms with E-state index < -0.39 is 5.97 Å². The summed E-state index contributed by atoms with van der Waals surface area (Å²) in [6.45, 7) is 6.29. The molecule has 0 heterocycles. The summed E-state index contributed by atoms with van der Waals surface area (Å²) in [6.07, 6.45) is 4.20. The molecule has 1 saturated carbocycles. The molecule has 0 saturated heterocycles. The predicted molar refractivity (Wildman–Crippen MR) is 60.8 cm³/mol. The van der Waals surface area contributed by atoms with E-state index in [9.17, 15) is 4.79 Å². The lowest BCUT2D eigenvalue weighted by molar-refractivity contribution is -0.142. The molecule has 0 bridgehead atoms. The van der Waals surface area contributed by atoms with Crippen LogP contribution in [-0.2, 0) is 4.79 Å². The Hall–Kier alpha value is -0.570. The third-order valence-corrected chi connectivity index (χ3v) is 3.57. The van der Waals surface area contributed by atoms with Gasteiger partial charge in [-0.2, -0.15) is 0 Å². The summed E-state index contributed by atoms with van der Waals surface area (Å²) in [7, 11) is 0. The van der Waals surface area contributed by atoms with Gasteiger partial charge in [0.2, 0.25) is 0 Å². The molecule has 1 aliphatic rings. The van der Waals surface area contributed by atoms with Crippen molar-refractivity contribution in [2.45, 2.75) is 39.5 Å². The summed E-state index contributed by atoms with van der Waals surface area (Å²) in [5.41, 5.74) is 0. The van der Waals surface area contributed by atoms with E-state index in [-0.39, 0.29) is 5.92 Å². The maximum atomic E-state index is 10.9. The molecule has 0 aromatic heterocycles. The van der Waals surface area contributed by atoms with Crippen LogP contribution in [0.15, 0.2) is 0 Å². The van der Waals surface area contributed by atoms with Gasteiger partial charge in [0.1, 0.15) is 0 Å². The Morgan fingerprint density at radius 1 is 1.53 bits per heavy atom. The van der Waals surface area contributed by atoms with Crippen molar-refractivity contribution in [3.63, 3.8) is 0 Å². The molecule has 1 fully saturated rings. The fraction of sp³-hybridized carbons (Fsp3) is 0.917. The molecule has 1 rings (SSSR count). The molecule has 0 amide bonds. The predicted octanol–water partition coefficient (Wildman–Crippen LogP) is 2.12. The molecule has 1 aliphatic carbocycles. The Morgan fingerprint density at radius 2 is 2.27 bits per heavy atom. The van der Waals surface area contributed by atoms with Crippen LogP contribution in [0.1, 0.15) is 39.5 Å². The van der Waals surface area contributed by atoms with Crippen LogP contribution in [0.25, 0.3) is 0 Å². The van der Waals surface area contributed by atoms with E-state index >= 15 is 0 Å². The molecule has 0 aromatic rings. The number of carbonyl (C=O) groups is 1. The highest BCUT2D eigenvalue weighted by Crippen LogP contribution is 2.31.